The average molecular weight is 383 g/mol. The van der Waals surface area contributed by atoms with Gasteiger partial charge < -0.3 is 5.32 Å². The first kappa shape index (κ1) is 16.0. The van der Waals surface area contributed by atoms with Crippen molar-refractivity contribution in [1.29, 1.82) is 0 Å². The van der Waals surface area contributed by atoms with Gasteiger partial charge in [-0.2, -0.15) is 0 Å². The lowest BCUT2D eigenvalue weighted by Gasteiger charge is -2.26. The molecular formula is C12H17BrClN3O2S. The predicted molar refractivity (Wildman–Crippen MR) is 85.9 cm³/mol. The van der Waals surface area contributed by atoms with E-state index in [-0.39, 0.29) is 5.75 Å². The Morgan fingerprint density at radius 2 is 2.05 bits per heavy atom. The average Bonchev–Trinajstić information content (AvgIpc) is 2.42. The molecule has 0 saturated carbocycles. The zero-order valence-electron chi connectivity index (χ0n) is 10.9. The number of rotatable bonds is 5. The van der Waals surface area contributed by atoms with E-state index in [1.807, 2.05) is 0 Å². The van der Waals surface area contributed by atoms with Crippen LogP contribution in [0.25, 0.3) is 0 Å². The van der Waals surface area contributed by atoms with E-state index in [2.05, 4.69) is 30.9 Å². The fraction of sp³-hybridized carbons (Fsp3) is 0.500. The van der Waals surface area contributed by atoms with Crippen molar-refractivity contribution >= 4 is 43.2 Å². The maximum atomic E-state index is 12.1. The first-order valence-electron chi connectivity index (χ1n) is 6.35. The second-order valence-corrected chi connectivity index (χ2v) is 7.80. The first-order valence-corrected chi connectivity index (χ1v) is 9.17. The molecule has 1 aromatic carbocycles. The van der Waals surface area contributed by atoms with Crippen LogP contribution in [0.1, 0.15) is 0 Å². The zero-order valence-corrected chi connectivity index (χ0v) is 14.1. The van der Waals surface area contributed by atoms with E-state index >= 15 is 0 Å². The number of piperazine rings is 1. The molecule has 112 valence electrons. The van der Waals surface area contributed by atoms with E-state index < -0.39 is 10.0 Å². The van der Waals surface area contributed by atoms with Gasteiger partial charge in [-0.1, -0.05) is 27.5 Å². The largest absolute Gasteiger partial charge is 0.314 e. The summed E-state index contributed by atoms with van der Waals surface area (Å²) in [4.78, 5) is 2.14. The van der Waals surface area contributed by atoms with Gasteiger partial charge in [-0.15, -0.1) is 0 Å². The lowest BCUT2D eigenvalue weighted by molar-refractivity contribution is 0.254. The van der Waals surface area contributed by atoms with Gasteiger partial charge in [-0.05, 0) is 18.2 Å². The van der Waals surface area contributed by atoms with Gasteiger partial charge in [0.1, 0.15) is 0 Å². The lowest BCUT2D eigenvalue weighted by Crippen LogP contribution is -2.45. The van der Waals surface area contributed by atoms with Gasteiger partial charge >= 0.3 is 0 Å². The molecule has 1 saturated heterocycles. The second-order valence-electron chi connectivity index (χ2n) is 4.64. The topological polar surface area (TPSA) is 61.4 Å². The van der Waals surface area contributed by atoms with Gasteiger partial charge in [0.2, 0.25) is 10.0 Å². The Labute approximate surface area is 132 Å². The van der Waals surface area contributed by atoms with Crippen molar-refractivity contribution in [3.8, 4) is 0 Å². The molecule has 0 spiro atoms. The van der Waals surface area contributed by atoms with Crippen LogP contribution in [0.2, 0.25) is 5.02 Å². The molecule has 0 amide bonds. The van der Waals surface area contributed by atoms with E-state index in [1.54, 1.807) is 18.2 Å². The lowest BCUT2D eigenvalue weighted by atomic mass is 10.3. The Bertz CT molecular complexity index is 562. The zero-order chi connectivity index (χ0) is 14.6. The van der Waals surface area contributed by atoms with E-state index in [1.165, 1.54) is 0 Å². The summed E-state index contributed by atoms with van der Waals surface area (Å²) in [7, 11) is -3.39. The van der Waals surface area contributed by atoms with Crippen molar-refractivity contribution in [2.45, 2.75) is 0 Å². The van der Waals surface area contributed by atoms with Crippen LogP contribution in [0.3, 0.4) is 0 Å². The molecule has 8 heteroatoms. The summed E-state index contributed by atoms with van der Waals surface area (Å²) in [5, 5.41) is 3.62. The van der Waals surface area contributed by atoms with E-state index in [0.29, 0.717) is 17.3 Å². The highest BCUT2D eigenvalue weighted by atomic mass is 79.9. The molecule has 0 bridgehead atoms. The van der Waals surface area contributed by atoms with E-state index in [4.69, 9.17) is 11.6 Å². The molecular weight excluding hydrogens is 366 g/mol. The number of anilines is 1. The third kappa shape index (κ3) is 4.89. The molecule has 0 atom stereocenters. The highest BCUT2D eigenvalue weighted by Crippen LogP contribution is 2.26. The molecule has 1 fully saturated rings. The summed E-state index contributed by atoms with van der Waals surface area (Å²) in [6.45, 7) is 4.11. The monoisotopic (exact) mass is 381 g/mol. The molecule has 1 heterocycles. The number of hydrogen-bond donors (Lipinski definition) is 2. The molecule has 0 aliphatic carbocycles. The standard InChI is InChI=1S/C12H17BrClN3O2S/c13-10-1-2-11(14)12(9-10)16-20(18,19)8-7-17-5-3-15-4-6-17/h1-2,9,15-16H,3-8H2. The van der Waals surface area contributed by atoms with E-state index in [0.717, 1.165) is 30.7 Å². The number of halogens is 2. The van der Waals surface area contributed by atoms with Crippen molar-refractivity contribution in [3.05, 3.63) is 27.7 Å². The Balaban J connectivity index is 1.94. The van der Waals surface area contributed by atoms with Crippen molar-refractivity contribution in [2.24, 2.45) is 0 Å². The van der Waals surface area contributed by atoms with Gasteiger partial charge in [0.15, 0.2) is 0 Å². The molecule has 1 aliphatic heterocycles. The molecule has 0 radical (unpaired) electrons. The van der Waals surface area contributed by atoms with Crippen LogP contribution in [-0.4, -0.2) is 51.8 Å². The molecule has 0 aromatic heterocycles. The number of hydrogen-bond acceptors (Lipinski definition) is 4. The van der Waals surface area contributed by atoms with Crippen LogP contribution in [0, 0.1) is 0 Å². The van der Waals surface area contributed by atoms with Crippen LogP contribution >= 0.6 is 27.5 Å². The maximum Gasteiger partial charge on any atom is 0.234 e. The van der Waals surface area contributed by atoms with Gasteiger partial charge in [0.05, 0.1) is 16.5 Å². The van der Waals surface area contributed by atoms with Gasteiger partial charge in [0.25, 0.3) is 0 Å². The van der Waals surface area contributed by atoms with E-state index in [9.17, 15) is 8.42 Å². The summed E-state index contributed by atoms with van der Waals surface area (Å²) < 4.78 is 27.5. The molecule has 2 N–H and O–H groups in total. The van der Waals surface area contributed by atoms with Gasteiger partial charge in [-0.25, -0.2) is 8.42 Å². The number of sulfonamides is 1. The van der Waals surface area contributed by atoms with Crippen molar-refractivity contribution in [2.75, 3.05) is 43.2 Å². The minimum Gasteiger partial charge on any atom is -0.314 e. The van der Waals surface area contributed by atoms with Crippen LogP contribution in [-0.2, 0) is 10.0 Å². The van der Waals surface area contributed by atoms with Crippen LogP contribution < -0.4 is 10.0 Å². The van der Waals surface area contributed by atoms with Gasteiger partial charge in [-0.3, -0.25) is 9.62 Å². The van der Waals surface area contributed by atoms with Crippen LogP contribution in [0.4, 0.5) is 5.69 Å². The summed E-state index contributed by atoms with van der Waals surface area (Å²) in [5.41, 5.74) is 0.404. The smallest absolute Gasteiger partial charge is 0.234 e. The third-order valence-electron chi connectivity index (χ3n) is 3.08. The normalized spacial score (nSPS) is 17.1. The van der Waals surface area contributed by atoms with Crippen LogP contribution in [0.15, 0.2) is 22.7 Å². The highest BCUT2D eigenvalue weighted by Gasteiger charge is 2.16. The molecule has 0 unspecified atom stereocenters. The number of nitrogens with one attached hydrogen (secondary N) is 2. The Hall–Kier alpha value is -0.340. The third-order valence-corrected chi connectivity index (χ3v) is 5.15. The quantitative estimate of drug-likeness (QED) is 0.814. The Kier molecular flexibility index (Phi) is 5.68. The molecule has 5 nitrogen and oxygen atoms in total. The fourth-order valence-electron chi connectivity index (χ4n) is 1.98. The minimum atomic E-state index is -3.39. The maximum absolute atomic E-state index is 12.1. The molecule has 1 aliphatic rings. The van der Waals surface area contributed by atoms with Crippen molar-refractivity contribution in [1.82, 2.24) is 10.2 Å². The Morgan fingerprint density at radius 1 is 1.35 bits per heavy atom. The molecule has 1 aromatic rings. The van der Waals surface area contributed by atoms with Crippen LogP contribution in [0.5, 0.6) is 0 Å². The molecule has 20 heavy (non-hydrogen) atoms. The number of nitrogens with zero attached hydrogens (tertiary/aromatic N) is 1. The minimum absolute atomic E-state index is 0.0653. The Morgan fingerprint density at radius 3 is 2.75 bits per heavy atom. The number of benzene rings is 1. The summed E-state index contributed by atoms with van der Waals surface area (Å²) in [5.74, 6) is 0.0653. The van der Waals surface area contributed by atoms with Gasteiger partial charge in [0, 0.05) is 37.2 Å². The predicted octanol–water partition coefficient (Wildman–Crippen LogP) is 1.75. The van der Waals surface area contributed by atoms with Crippen molar-refractivity contribution in [3.63, 3.8) is 0 Å². The first-order chi connectivity index (χ1) is 9.46. The fourth-order valence-corrected chi connectivity index (χ4v) is 3.66. The summed E-state index contributed by atoms with van der Waals surface area (Å²) >= 11 is 9.28. The summed E-state index contributed by atoms with van der Waals surface area (Å²) in [6.07, 6.45) is 0. The second kappa shape index (κ2) is 7.09. The SMILES string of the molecule is O=S(=O)(CCN1CCNCC1)Nc1cc(Br)ccc1Cl. The van der Waals surface area contributed by atoms with Crippen molar-refractivity contribution < 1.29 is 8.42 Å². The highest BCUT2D eigenvalue weighted by molar-refractivity contribution is 9.10. The summed E-state index contributed by atoms with van der Waals surface area (Å²) in [6, 6.07) is 5.07. The molecule has 2 rings (SSSR count).